The van der Waals surface area contributed by atoms with E-state index in [4.69, 9.17) is 0 Å². The van der Waals surface area contributed by atoms with Gasteiger partial charge in [0.2, 0.25) is 5.91 Å². The Morgan fingerprint density at radius 2 is 2.00 bits per heavy atom. The number of piperidine rings is 1. The highest BCUT2D eigenvalue weighted by Gasteiger charge is 2.66. The number of carbonyl (C=O) groups is 2. The van der Waals surface area contributed by atoms with Crippen molar-refractivity contribution in [1.29, 1.82) is 0 Å². The van der Waals surface area contributed by atoms with Crippen LogP contribution < -0.4 is 0 Å². The Bertz CT molecular complexity index is 397. The first kappa shape index (κ1) is 11.4. The molecule has 0 aromatic carbocycles. The van der Waals surface area contributed by atoms with Crippen molar-refractivity contribution in [3.8, 4) is 0 Å². The molecule has 16 heavy (non-hydrogen) atoms. The SMILES string of the molecule is C=C(C)C(=O)N1C(=O)[C@]2(C)CC[C@H]1C2(C)C. The van der Waals surface area contributed by atoms with Crippen molar-refractivity contribution in [3.05, 3.63) is 12.2 Å². The lowest BCUT2D eigenvalue weighted by molar-refractivity contribution is -0.147. The Kier molecular flexibility index (Phi) is 2.10. The van der Waals surface area contributed by atoms with Gasteiger partial charge in [-0.15, -0.1) is 0 Å². The number of hydrogen-bond donors (Lipinski definition) is 0. The second-order valence-electron chi connectivity index (χ2n) is 5.87. The maximum absolute atomic E-state index is 12.3. The van der Waals surface area contributed by atoms with Gasteiger partial charge < -0.3 is 0 Å². The largest absolute Gasteiger partial charge is 0.275 e. The van der Waals surface area contributed by atoms with E-state index in [-0.39, 0.29) is 28.7 Å². The molecule has 1 saturated carbocycles. The molecule has 0 aromatic rings. The molecule has 1 saturated heterocycles. The van der Waals surface area contributed by atoms with Crippen LogP contribution in [0.4, 0.5) is 0 Å². The molecule has 1 aliphatic heterocycles. The molecule has 0 unspecified atom stereocenters. The highest BCUT2D eigenvalue weighted by atomic mass is 16.2. The van der Waals surface area contributed by atoms with Crippen LogP contribution in [-0.2, 0) is 9.59 Å². The first-order chi connectivity index (χ1) is 7.23. The van der Waals surface area contributed by atoms with Gasteiger partial charge in [-0.25, -0.2) is 0 Å². The summed E-state index contributed by atoms with van der Waals surface area (Å²) in [6.45, 7) is 11.5. The summed E-state index contributed by atoms with van der Waals surface area (Å²) in [5, 5.41) is 0. The number of nitrogens with zero attached hydrogens (tertiary/aromatic N) is 1. The molecule has 2 rings (SSSR count). The van der Waals surface area contributed by atoms with Crippen molar-refractivity contribution in [2.45, 2.75) is 46.6 Å². The number of carbonyl (C=O) groups excluding carboxylic acids is 2. The monoisotopic (exact) mass is 221 g/mol. The first-order valence-electron chi connectivity index (χ1n) is 5.77. The summed E-state index contributed by atoms with van der Waals surface area (Å²) in [7, 11) is 0. The molecule has 2 atom stereocenters. The molecule has 3 heteroatoms. The molecule has 2 bridgehead atoms. The highest BCUT2D eigenvalue weighted by Crippen LogP contribution is 2.60. The van der Waals surface area contributed by atoms with Gasteiger partial charge in [0.25, 0.3) is 5.91 Å². The molecule has 0 spiro atoms. The van der Waals surface area contributed by atoms with E-state index < -0.39 is 0 Å². The fourth-order valence-electron chi connectivity index (χ4n) is 3.16. The van der Waals surface area contributed by atoms with E-state index in [1.165, 1.54) is 4.90 Å². The maximum Gasteiger partial charge on any atom is 0.255 e. The lowest BCUT2D eigenvalue weighted by Gasteiger charge is -2.29. The van der Waals surface area contributed by atoms with Crippen LogP contribution in [0.2, 0.25) is 0 Å². The third kappa shape index (κ3) is 1.04. The Morgan fingerprint density at radius 3 is 2.38 bits per heavy atom. The van der Waals surface area contributed by atoms with Gasteiger partial charge in [-0.2, -0.15) is 0 Å². The van der Waals surface area contributed by atoms with Gasteiger partial charge in [-0.1, -0.05) is 27.4 Å². The number of fused-ring (bicyclic) bond motifs is 2. The van der Waals surface area contributed by atoms with Crippen molar-refractivity contribution >= 4 is 11.8 Å². The quantitative estimate of drug-likeness (QED) is 0.636. The van der Waals surface area contributed by atoms with E-state index in [9.17, 15) is 9.59 Å². The summed E-state index contributed by atoms with van der Waals surface area (Å²) in [6, 6.07) is 0.0502. The lowest BCUT2D eigenvalue weighted by atomic mass is 9.70. The minimum atomic E-state index is -0.372. The molecule has 0 aromatic heterocycles. The molecule has 0 radical (unpaired) electrons. The number of hydrogen-bond acceptors (Lipinski definition) is 2. The van der Waals surface area contributed by atoms with Crippen LogP contribution >= 0.6 is 0 Å². The number of amides is 2. The zero-order chi connectivity index (χ0) is 12.3. The summed E-state index contributed by atoms with van der Waals surface area (Å²) in [4.78, 5) is 25.7. The van der Waals surface area contributed by atoms with E-state index in [0.29, 0.717) is 5.57 Å². The van der Waals surface area contributed by atoms with Crippen molar-refractivity contribution < 1.29 is 9.59 Å². The minimum absolute atomic E-state index is 0.0123. The summed E-state index contributed by atoms with van der Waals surface area (Å²) in [6.07, 6.45) is 1.82. The standard InChI is InChI=1S/C13H19NO2/c1-8(2)10(15)14-9-6-7-13(5,11(14)16)12(9,3)4/h9H,1,6-7H2,2-5H3/t9-,13-/m0/s1. The molecule has 1 aliphatic carbocycles. The van der Waals surface area contributed by atoms with Crippen LogP contribution in [0.25, 0.3) is 0 Å². The number of rotatable bonds is 1. The second kappa shape index (κ2) is 2.96. The predicted molar refractivity (Wildman–Crippen MR) is 61.6 cm³/mol. The van der Waals surface area contributed by atoms with E-state index in [0.717, 1.165) is 12.8 Å². The summed E-state index contributed by atoms with van der Waals surface area (Å²) >= 11 is 0. The van der Waals surface area contributed by atoms with E-state index in [1.54, 1.807) is 6.92 Å². The second-order valence-corrected chi connectivity index (χ2v) is 5.87. The topological polar surface area (TPSA) is 37.4 Å². The van der Waals surface area contributed by atoms with Gasteiger partial charge in [0.1, 0.15) is 0 Å². The van der Waals surface area contributed by atoms with Crippen molar-refractivity contribution in [2.75, 3.05) is 0 Å². The van der Waals surface area contributed by atoms with Crippen molar-refractivity contribution in [1.82, 2.24) is 4.90 Å². The van der Waals surface area contributed by atoms with Crippen LogP contribution in [0.15, 0.2) is 12.2 Å². The molecule has 2 amide bonds. The zero-order valence-corrected chi connectivity index (χ0v) is 10.5. The van der Waals surface area contributed by atoms with Crippen LogP contribution in [0, 0.1) is 10.8 Å². The molecule has 0 N–H and O–H groups in total. The molecular weight excluding hydrogens is 202 g/mol. The minimum Gasteiger partial charge on any atom is -0.275 e. The van der Waals surface area contributed by atoms with Crippen LogP contribution in [-0.4, -0.2) is 22.8 Å². The Labute approximate surface area is 96.5 Å². The fraction of sp³-hybridized carbons (Fsp3) is 0.692. The summed E-state index contributed by atoms with van der Waals surface area (Å²) in [5.41, 5.74) is -0.0434. The van der Waals surface area contributed by atoms with Gasteiger partial charge in [0.05, 0.1) is 5.41 Å². The summed E-state index contributed by atoms with van der Waals surface area (Å²) < 4.78 is 0. The highest BCUT2D eigenvalue weighted by molar-refractivity contribution is 6.07. The maximum atomic E-state index is 12.3. The smallest absolute Gasteiger partial charge is 0.255 e. The summed E-state index contributed by atoms with van der Waals surface area (Å²) in [5.74, 6) is -0.215. The normalized spacial score (nSPS) is 35.6. The molecule has 2 aliphatic rings. The molecule has 1 heterocycles. The number of likely N-dealkylation sites (tertiary alicyclic amines) is 1. The fourth-order valence-corrected chi connectivity index (χ4v) is 3.16. The zero-order valence-electron chi connectivity index (χ0n) is 10.5. The van der Waals surface area contributed by atoms with Crippen molar-refractivity contribution in [3.63, 3.8) is 0 Å². The Morgan fingerprint density at radius 1 is 1.44 bits per heavy atom. The first-order valence-corrected chi connectivity index (χ1v) is 5.77. The molecular formula is C13H19NO2. The van der Waals surface area contributed by atoms with Gasteiger partial charge in [-0.05, 0) is 25.2 Å². The van der Waals surface area contributed by atoms with Crippen LogP contribution in [0.5, 0.6) is 0 Å². The lowest BCUT2D eigenvalue weighted by Crippen LogP contribution is -2.44. The van der Waals surface area contributed by atoms with E-state index in [2.05, 4.69) is 20.4 Å². The van der Waals surface area contributed by atoms with Crippen LogP contribution in [0.1, 0.15) is 40.5 Å². The van der Waals surface area contributed by atoms with Gasteiger partial charge in [0.15, 0.2) is 0 Å². The average molecular weight is 221 g/mol. The van der Waals surface area contributed by atoms with Gasteiger partial charge in [-0.3, -0.25) is 14.5 Å². The molecule has 3 nitrogen and oxygen atoms in total. The van der Waals surface area contributed by atoms with Crippen molar-refractivity contribution in [2.24, 2.45) is 10.8 Å². The van der Waals surface area contributed by atoms with Gasteiger partial charge in [0, 0.05) is 11.6 Å². The Balaban J connectivity index is 2.44. The van der Waals surface area contributed by atoms with E-state index >= 15 is 0 Å². The third-order valence-corrected chi connectivity index (χ3v) is 4.76. The van der Waals surface area contributed by atoms with Gasteiger partial charge >= 0.3 is 0 Å². The predicted octanol–water partition coefficient (Wildman–Crippen LogP) is 2.13. The third-order valence-electron chi connectivity index (χ3n) is 4.76. The number of imide groups is 1. The molecule has 88 valence electrons. The Hall–Kier alpha value is -1.12. The van der Waals surface area contributed by atoms with Crippen LogP contribution in [0.3, 0.4) is 0 Å². The average Bonchev–Trinajstić information content (AvgIpc) is 2.48. The van der Waals surface area contributed by atoms with E-state index in [1.807, 2.05) is 6.92 Å². The molecule has 2 fully saturated rings.